The second kappa shape index (κ2) is 4.80. The first-order valence-corrected chi connectivity index (χ1v) is 6.88. The first kappa shape index (κ1) is 14.4. The average Bonchev–Trinajstić information content (AvgIpc) is 2.24. The van der Waals surface area contributed by atoms with Gasteiger partial charge in [-0.1, -0.05) is 12.1 Å². The van der Waals surface area contributed by atoms with E-state index in [1.54, 1.807) is 0 Å². The van der Waals surface area contributed by atoms with Crippen LogP contribution in [0, 0.1) is 6.92 Å². The highest BCUT2D eigenvalue weighted by Crippen LogP contribution is 2.33. The van der Waals surface area contributed by atoms with Gasteiger partial charge >= 0.3 is 0 Å². The zero-order chi connectivity index (χ0) is 14.3. The van der Waals surface area contributed by atoms with Crippen LogP contribution in [0.2, 0.25) is 0 Å². The molecule has 0 aliphatic carbocycles. The highest BCUT2D eigenvalue weighted by Gasteiger charge is 2.38. The van der Waals surface area contributed by atoms with E-state index >= 15 is 0 Å². The molecule has 0 saturated carbocycles. The van der Waals surface area contributed by atoms with E-state index in [2.05, 4.69) is 51.7 Å². The van der Waals surface area contributed by atoms with Crippen molar-refractivity contribution in [2.75, 3.05) is 18.0 Å². The van der Waals surface area contributed by atoms with E-state index in [1.807, 2.05) is 6.07 Å². The molecule has 2 rings (SSSR count). The average molecular weight is 263 g/mol. The van der Waals surface area contributed by atoms with Crippen molar-refractivity contribution in [3.05, 3.63) is 29.3 Å². The second-order valence-corrected chi connectivity index (χ2v) is 6.76. The van der Waals surface area contributed by atoms with Crippen molar-refractivity contribution < 1.29 is 9.84 Å². The molecule has 1 aliphatic heterocycles. The van der Waals surface area contributed by atoms with Gasteiger partial charge in [0.1, 0.15) is 0 Å². The Morgan fingerprint density at radius 2 is 1.74 bits per heavy atom. The highest BCUT2D eigenvalue weighted by molar-refractivity contribution is 5.55. The first-order valence-electron chi connectivity index (χ1n) is 6.88. The molecule has 0 radical (unpaired) electrons. The van der Waals surface area contributed by atoms with Crippen LogP contribution in [0.4, 0.5) is 5.69 Å². The molecule has 1 heterocycles. The van der Waals surface area contributed by atoms with E-state index in [9.17, 15) is 5.11 Å². The highest BCUT2D eigenvalue weighted by atomic mass is 16.5. The smallest absolute Gasteiger partial charge is 0.0808 e. The summed E-state index contributed by atoms with van der Waals surface area (Å²) in [6, 6.07) is 6.17. The maximum absolute atomic E-state index is 9.20. The van der Waals surface area contributed by atoms with Crippen LogP contribution < -0.4 is 4.90 Å². The predicted molar refractivity (Wildman–Crippen MR) is 78.6 cm³/mol. The standard InChI is InChI=1S/C16H25NO2/c1-12-8-13(9-18)6-7-14(12)17-10-15(2,3)19-16(4,5)11-17/h6-8,18H,9-11H2,1-5H3. The van der Waals surface area contributed by atoms with Crippen molar-refractivity contribution in [3.8, 4) is 0 Å². The summed E-state index contributed by atoms with van der Waals surface area (Å²) in [4.78, 5) is 2.39. The maximum Gasteiger partial charge on any atom is 0.0808 e. The molecule has 0 bridgehead atoms. The van der Waals surface area contributed by atoms with Gasteiger partial charge in [0.25, 0.3) is 0 Å². The number of aryl methyl sites for hydroxylation is 1. The number of ether oxygens (including phenoxy) is 1. The van der Waals surface area contributed by atoms with Crippen LogP contribution in [-0.2, 0) is 11.3 Å². The van der Waals surface area contributed by atoms with E-state index in [0.717, 1.165) is 18.7 Å². The second-order valence-electron chi connectivity index (χ2n) is 6.76. The van der Waals surface area contributed by atoms with E-state index in [1.165, 1.54) is 11.3 Å². The van der Waals surface area contributed by atoms with Gasteiger partial charge in [-0.3, -0.25) is 0 Å². The van der Waals surface area contributed by atoms with Crippen LogP contribution in [0.5, 0.6) is 0 Å². The van der Waals surface area contributed by atoms with Crippen molar-refractivity contribution in [1.29, 1.82) is 0 Å². The lowest BCUT2D eigenvalue weighted by molar-refractivity contribution is -0.133. The minimum Gasteiger partial charge on any atom is -0.392 e. The quantitative estimate of drug-likeness (QED) is 0.890. The van der Waals surface area contributed by atoms with Crippen LogP contribution in [0.15, 0.2) is 18.2 Å². The summed E-state index contributed by atoms with van der Waals surface area (Å²) in [5.74, 6) is 0. The van der Waals surface area contributed by atoms with Crippen molar-refractivity contribution >= 4 is 5.69 Å². The third-order valence-electron chi connectivity index (χ3n) is 3.48. The van der Waals surface area contributed by atoms with E-state index in [4.69, 9.17) is 4.74 Å². The number of hydrogen-bond donors (Lipinski definition) is 1. The Kier molecular flexibility index (Phi) is 3.63. The molecule has 1 aromatic carbocycles. The number of aliphatic hydroxyl groups is 1. The third-order valence-corrected chi connectivity index (χ3v) is 3.48. The molecule has 0 amide bonds. The molecule has 106 valence electrons. The van der Waals surface area contributed by atoms with Gasteiger partial charge < -0.3 is 14.7 Å². The number of nitrogens with zero attached hydrogens (tertiary/aromatic N) is 1. The minimum atomic E-state index is -0.149. The number of rotatable bonds is 2. The Hall–Kier alpha value is -1.06. The topological polar surface area (TPSA) is 32.7 Å². The normalized spacial score (nSPS) is 21.5. The predicted octanol–water partition coefficient (Wildman–Crippen LogP) is 2.88. The Bertz CT molecular complexity index is 450. The minimum absolute atomic E-state index is 0.0984. The van der Waals surface area contributed by atoms with E-state index in [0.29, 0.717) is 0 Å². The van der Waals surface area contributed by atoms with Crippen molar-refractivity contribution in [2.45, 2.75) is 52.4 Å². The Morgan fingerprint density at radius 1 is 1.16 bits per heavy atom. The van der Waals surface area contributed by atoms with Gasteiger partial charge in [-0.2, -0.15) is 0 Å². The molecular formula is C16H25NO2. The fourth-order valence-electron chi connectivity index (χ4n) is 3.13. The number of anilines is 1. The van der Waals surface area contributed by atoms with Gasteiger partial charge in [-0.15, -0.1) is 0 Å². The molecule has 0 unspecified atom stereocenters. The molecule has 1 aliphatic rings. The molecule has 0 atom stereocenters. The lowest BCUT2D eigenvalue weighted by Gasteiger charge is -2.48. The summed E-state index contributed by atoms with van der Waals surface area (Å²) in [6.45, 7) is 12.5. The Labute approximate surface area is 116 Å². The van der Waals surface area contributed by atoms with Crippen LogP contribution in [0.25, 0.3) is 0 Å². The molecule has 0 spiro atoms. The molecule has 1 fully saturated rings. The van der Waals surface area contributed by atoms with Crippen molar-refractivity contribution in [3.63, 3.8) is 0 Å². The third kappa shape index (κ3) is 3.28. The molecule has 19 heavy (non-hydrogen) atoms. The van der Waals surface area contributed by atoms with Gasteiger partial charge in [0.05, 0.1) is 17.8 Å². The van der Waals surface area contributed by atoms with Crippen molar-refractivity contribution in [2.24, 2.45) is 0 Å². The molecule has 0 aromatic heterocycles. The van der Waals surface area contributed by atoms with E-state index < -0.39 is 0 Å². The molecule has 3 heteroatoms. The van der Waals surface area contributed by atoms with Gasteiger partial charge in [-0.05, 0) is 51.8 Å². The number of hydrogen-bond acceptors (Lipinski definition) is 3. The monoisotopic (exact) mass is 263 g/mol. The lowest BCUT2D eigenvalue weighted by atomic mass is 9.97. The summed E-state index contributed by atoms with van der Waals surface area (Å²) in [5, 5.41) is 9.20. The zero-order valence-electron chi connectivity index (χ0n) is 12.7. The SMILES string of the molecule is Cc1cc(CO)ccc1N1CC(C)(C)OC(C)(C)C1. The van der Waals surface area contributed by atoms with Gasteiger partial charge in [0.15, 0.2) is 0 Å². The fourth-order valence-corrected chi connectivity index (χ4v) is 3.13. The van der Waals surface area contributed by atoms with Crippen LogP contribution in [-0.4, -0.2) is 29.4 Å². The van der Waals surface area contributed by atoms with Crippen LogP contribution in [0.1, 0.15) is 38.8 Å². The summed E-state index contributed by atoms with van der Waals surface area (Å²) in [7, 11) is 0. The lowest BCUT2D eigenvalue weighted by Crippen LogP contribution is -2.57. The summed E-state index contributed by atoms with van der Waals surface area (Å²) in [6.07, 6.45) is 0. The summed E-state index contributed by atoms with van der Waals surface area (Å²) < 4.78 is 6.12. The molecule has 3 nitrogen and oxygen atoms in total. The largest absolute Gasteiger partial charge is 0.392 e. The number of aliphatic hydroxyl groups excluding tert-OH is 1. The van der Waals surface area contributed by atoms with E-state index in [-0.39, 0.29) is 17.8 Å². The maximum atomic E-state index is 9.20. The number of benzene rings is 1. The van der Waals surface area contributed by atoms with Gasteiger partial charge in [-0.25, -0.2) is 0 Å². The van der Waals surface area contributed by atoms with Gasteiger partial charge in [0, 0.05) is 18.8 Å². The van der Waals surface area contributed by atoms with Crippen LogP contribution in [0.3, 0.4) is 0 Å². The molecule has 1 N–H and O–H groups in total. The summed E-state index contributed by atoms with van der Waals surface area (Å²) in [5.41, 5.74) is 3.11. The summed E-state index contributed by atoms with van der Waals surface area (Å²) >= 11 is 0. The van der Waals surface area contributed by atoms with Crippen LogP contribution >= 0.6 is 0 Å². The van der Waals surface area contributed by atoms with Crippen molar-refractivity contribution in [1.82, 2.24) is 0 Å². The zero-order valence-corrected chi connectivity index (χ0v) is 12.7. The first-order chi connectivity index (χ1) is 8.72. The Morgan fingerprint density at radius 3 is 2.21 bits per heavy atom. The van der Waals surface area contributed by atoms with Gasteiger partial charge in [0.2, 0.25) is 0 Å². The molecule has 1 saturated heterocycles. The fraction of sp³-hybridized carbons (Fsp3) is 0.625. The Balaban J connectivity index is 2.31. The molecule has 1 aromatic rings. The molecular weight excluding hydrogens is 238 g/mol. The number of morpholine rings is 1.